The molecule has 0 bridgehead atoms. The maximum absolute atomic E-state index is 10.3. The van der Waals surface area contributed by atoms with Crippen LogP contribution in [0.2, 0.25) is 0 Å². The molecule has 1 atom stereocenters. The highest BCUT2D eigenvalue weighted by molar-refractivity contribution is 6.04. The molecular weight excluding hydrogens is 124 g/mol. The van der Waals surface area contributed by atoms with Gasteiger partial charge in [0.15, 0.2) is 5.78 Å². The summed E-state index contributed by atoms with van der Waals surface area (Å²) in [7, 11) is 0. The van der Waals surface area contributed by atoms with E-state index in [0.29, 0.717) is 0 Å². The number of ketones is 1. The third kappa shape index (κ3) is 1.50. The normalized spacial score (nSPS) is 16.3. The van der Waals surface area contributed by atoms with Gasteiger partial charge in [-0.1, -0.05) is 0 Å². The van der Waals surface area contributed by atoms with Gasteiger partial charge in [0.05, 0.1) is 0 Å². The van der Waals surface area contributed by atoms with Crippen LogP contribution in [0.3, 0.4) is 0 Å². The molecule has 0 saturated heterocycles. The first kappa shape index (κ1) is 8.10. The number of carboxylic acid groups (broad SMARTS) is 1. The van der Waals surface area contributed by atoms with E-state index < -0.39 is 17.4 Å². The van der Waals surface area contributed by atoms with Gasteiger partial charge in [0.25, 0.3) is 0 Å². The number of carboxylic acids is 1. The van der Waals surface area contributed by atoms with Crippen molar-refractivity contribution in [1.29, 1.82) is 0 Å². The molecule has 0 aromatic carbocycles. The van der Waals surface area contributed by atoms with Crippen LogP contribution in [0.4, 0.5) is 0 Å². The van der Waals surface area contributed by atoms with E-state index in [1.54, 1.807) is 0 Å². The second kappa shape index (κ2) is 2.14. The van der Waals surface area contributed by atoms with Crippen molar-refractivity contribution in [2.24, 2.45) is 0 Å². The van der Waals surface area contributed by atoms with E-state index >= 15 is 0 Å². The largest absolute Gasteiger partial charge is 0.479 e. The average Bonchev–Trinajstić information content (AvgIpc) is 1.65. The van der Waals surface area contributed by atoms with Crippen molar-refractivity contribution in [2.45, 2.75) is 19.4 Å². The Bertz CT molecular complexity index is 131. The Labute approximate surface area is 52.1 Å². The van der Waals surface area contributed by atoms with Crippen LogP contribution >= 0.6 is 0 Å². The summed E-state index contributed by atoms with van der Waals surface area (Å²) in [5, 5.41) is 16.9. The third-order valence-corrected chi connectivity index (χ3v) is 1.10. The molecule has 0 saturated carbocycles. The predicted octanol–water partition coefficient (Wildman–Crippen LogP) is -0.589. The van der Waals surface area contributed by atoms with Gasteiger partial charge in [0, 0.05) is 0 Å². The molecule has 0 aliphatic heterocycles. The van der Waals surface area contributed by atoms with Crippen LogP contribution in [0.25, 0.3) is 0 Å². The molecule has 4 nitrogen and oxygen atoms in total. The standard InChI is InChI=1S/C5H8O4/c1-3(6)5(2,9)4(7)8/h9H,1-2H3,(H,7,8)/t5-/m0/s1. The highest BCUT2D eigenvalue weighted by Gasteiger charge is 2.35. The van der Waals surface area contributed by atoms with Crippen LogP contribution in [-0.4, -0.2) is 27.6 Å². The van der Waals surface area contributed by atoms with Gasteiger partial charge in [-0.2, -0.15) is 0 Å². The fourth-order valence-corrected chi connectivity index (χ4v) is 0.151. The van der Waals surface area contributed by atoms with Crippen LogP contribution in [0.15, 0.2) is 0 Å². The van der Waals surface area contributed by atoms with Crippen molar-refractivity contribution < 1.29 is 19.8 Å². The van der Waals surface area contributed by atoms with E-state index in [4.69, 9.17) is 10.2 Å². The van der Waals surface area contributed by atoms with Gasteiger partial charge in [-0.25, -0.2) is 4.79 Å². The molecule has 0 aliphatic carbocycles. The van der Waals surface area contributed by atoms with Crippen molar-refractivity contribution in [2.75, 3.05) is 0 Å². The van der Waals surface area contributed by atoms with Crippen molar-refractivity contribution in [3.63, 3.8) is 0 Å². The fourth-order valence-electron chi connectivity index (χ4n) is 0.151. The topological polar surface area (TPSA) is 74.6 Å². The second-order valence-corrected chi connectivity index (χ2v) is 1.93. The Kier molecular flexibility index (Phi) is 1.93. The summed E-state index contributed by atoms with van der Waals surface area (Å²) in [6, 6.07) is 0. The lowest BCUT2D eigenvalue weighted by Crippen LogP contribution is -2.41. The number of carbonyl (C=O) groups is 2. The maximum atomic E-state index is 10.3. The molecule has 2 N–H and O–H groups in total. The van der Waals surface area contributed by atoms with Gasteiger partial charge >= 0.3 is 5.97 Å². The van der Waals surface area contributed by atoms with Crippen molar-refractivity contribution in [1.82, 2.24) is 0 Å². The summed E-state index contributed by atoms with van der Waals surface area (Å²) in [4.78, 5) is 20.3. The van der Waals surface area contributed by atoms with Crippen molar-refractivity contribution >= 4 is 11.8 Å². The maximum Gasteiger partial charge on any atom is 0.343 e. The van der Waals surface area contributed by atoms with Gasteiger partial charge in [-0.15, -0.1) is 0 Å². The van der Waals surface area contributed by atoms with E-state index in [0.717, 1.165) is 13.8 Å². The molecular formula is C5H8O4. The fraction of sp³-hybridized carbons (Fsp3) is 0.600. The molecule has 0 rings (SSSR count). The molecule has 0 fully saturated rings. The monoisotopic (exact) mass is 132 g/mol. The highest BCUT2D eigenvalue weighted by atomic mass is 16.4. The van der Waals surface area contributed by atoms with E-state index in [1.165, 1.54) is 0 Å². The number of aliphatic hydroxyl groups is 1. The summed E-state index contributed by atoms with van der Waals surface area (Å²) in [6.07, 6.45) is 0. The molecule has 0 aliphatic rings. The number of hydrogen-bond donors (Lipinski definition) is 2. The van der Waals surface area contributed by atoms with Crippen LogP contribution in [0, 0.1) is 0 Å². The van der Waals surface area contributed by atoms with E-state index in [9.17, 15) is 9.59 Å². The number of rotatable bonds is 2. The van der Waals surface area contributed by atoms with E-state index in [-0.39, 0.29) is 0 Å². The first-order valence-electron chi connectivity index (χ1n) is 2.36. The van der Waals surface area contributed by atoms with Crippen LogP contribution in [-0.2, 0) is 9.59 Å². The Hall–Kier alpha value is -0.900. The average molecular weight is 132 g/mol. The lowest BCUT2D eigenvalue weighted by Gasteiger charge is -2.11. The lowest BCUT2D eigenvalue weighted by molar-refractivity contribution is -0.162. The Morgan fingerprint density at radius 1 is 1.44 bits per heavy atom. The zero-order valence-electron chi connectivity index (χ0n) is 5.21. The number of aliphatic carboxylic acids is 1. The number of Topliss-reactive ketones (excluding diaryl/α,β-unsaturated/α-hetero) is 1. The van der Waals surface area contributed by atoms with Crippen molar-refractivity contribution in [3.05, 3.63) is 0 Å². The predicted molar refractivity (Wildman–Crippen MR) is 28.9 cm³/mol. The number of carbonyl (C=O) groups excluding carboxylic acids is 1. The zero-order valence-corrected chi connectivity index (χ0v) is 5.21. The van der Waals surface area contributed by atoms with E-state index in [1.807, 2.05) is 0 Å². The smallest absolute Gasteiger partial charge is 0.343 e. The molecule has 0 heterocycles. The van der Waals surface area contributed by atoms with Gasteiger partial charge in [0.1, 0.15) is 0 Å². The molecule has 0 amide bonds. The first-order chi connectivity index (χ1) is 3.89. The Morgan fingerprint density at radius 2 is 1.78 bits per heavy atom. The van der Waals surface area contributed by atoms with Crippen LogP contribution in [0.5, 0.6) is 0 Å². The minimum atomic E-state index is -2.22. The minimum absolute atomic E-state index is 0.769. The van der Waals surface area contributed by atoms with Crippen LogP contribution in [0.1, 0.15) is 13.8 Å². The molecule has 0 spiro atoms. The molecule has 52 valence electrons. The SMILES string of the molecule is CC(=O)[C@](C)(O)C(=O)O. The van der Waals surface area contributed by atoms with Gasteiger partial charge < -0.3 is 10.2 Å². The Morgan fingerprint density at radius 3 is 1.78 bits per heavy atom. The second-order valence-electron chi connectivity index (χ2n) is 1.93. The van der Waals surface area contributed by atoms with Gasteiger partial charge in [0.2, 0.25) is 5.60 Å². The molecule has 9 heavy (non-hydrogen) atoms. The summed E-state index contributed by atoms with van der Waals surface area (Å²) >= 11 is 0. The molecule has 0 aromatic rings. The van der Waals surface area contributed by atoms with Gasteiger partial charge in [-0.3, -0.25) is 4.79 Å². The molecule has 0 radical (unpaired) electrons. The third-order valence-electron chi connectivity index (χ3n) is 1.10. The molecule has 4 heteroatoms. The molecule has 0 aromatic heterocycles. The minimum Gasteiger partial charge on any atom is -0.479 e. The van der Waals surface area contributed by atoms with Gasteiger partial charge in [-0.05, 0) is 13.8 Å². The van der Waals surface area contributed by atoms with Crippen LogP contribution < -0.4 is 0 Å². The quantitative estimate of drug-likeness (QED) is 0.492. The number of hydrogen-bond acceptors (Lipinski definition) is 3. The Balaban J connectivity index is 4.38. The van der Waals surface area contributed by atoms with Crippen molar-refractivity contribution in [3.8, 4) is 0 Å². The first-order valence-corrected chi connectivity index (χ1v) is 2.36. The summed E-state index contributed by atoms with van der Waals surface area (Å²) < 4.78 is 0. The zero-order chi connectivity index (χ0) is 7.65. The lowest BCUT2D eigenvalue weighted by atomic mass is 10.0. The summed E-state index contributed by atoms with van der Waals surface area (Å²) in [5.41, 5.74) is -2.22. The molecule has 0 unspecified atom stereocenters. The van der Waals surface area contributed by atoms with E-state index in [2.05, 4.69) is 0 Å². The summed E-state index contributed by atoms with van der Waals surface area (Å²) in [5.74, 6) is -2.29. The summed E-state index contributed by atoms with van der Waals surface area (Å²) in [6.45, 7) is 1.96. The highest BCUT2D eigenvalue weighted by Crippen LogP contribution is 2.03.